The monoisotopic (exact) mass is 1090 g/mol. The van der Waals surface area contributed by atoms with Crippen LogP contribution in [0.2, 0.25) is 0 Å². The van der Waals surface area contributed by atoms with E-state index >= 15 is 9.59 Å². The molecule has 5 N–H and O–H groups in total. The number of rotatable bonds is 13. The second kappa shape index (κ2) is 28.5. The molecular formula is C59H90N8O11. The number of nitrogens with zero attached hydrogens (tertiary/aromatic N) is 4. The number of amides is 8. The van der Waals surface area contributed by atoms with E-state index in [1.807, 2.05) is 57.2 Å². The quantitative estimate of drug-likeness (QED) is 0.179. The van der Waals surface area contributed by atoms with Crippen LogP contribution < -0.4 is 21.3 Å². The molecule has 19 heteroatoms. The van der Waals surface area contributed by atoms with E-state index in [-0.39, 0.29) is 38.1 Å². The molecule has 2 heterocycles. The van der Waals surface area contributed by atoms with Gasteiger partial charge in [0.15, 0.2) is 12.1 Å². The number of esters is 1. The predicted molar refractivity (Wildman–Crippen MR) is 297 cm³/mol. The predicted octanol–water partition coefficient (Wildman–Crippen LogP) is 4.03. The summed E-state index contributed by atoms with van der Waals surface area (Å²) in [7, 11) is 4.19. The zero-order valence-corrected chi connectivity index (χ0v) is 48.8. The third-order valence-electron chi connectivity index (χ3n) is 15.4. The Labute approximate surface area is 462 Å². The molecule has 4 rings (SSSR count). The lowest BCUT2D eigenvalue weighted by molar-refractivity contribution is -0.177. The summed E-state index contributed by atoms with van der Waals surface area (Å²) in [6.45, 7) is 20.5. The first kappa shape index (κ1) is 64.2. The molecule has 2 aliphatic rings. The molecule has 2 saturated heterocycles. The first-order valence-electron chi connectivity index (χ1n) is 27.9. The number of cyclic esters (lactones) is 1. The number of hydrogen-bond acceptors (Lipinski definition) is 11. The Kier molecular flexibility index (Phi) is 23.4. The van der Waals surface area contributed by atoms with Crippen molar-refractivity contribution in [1.29, 1.82) is 0 Å². The molecule has 19 nitrogen and oxygen atoms in total. The number of ether oxygens (including phenoxy) is 1. The number of aliphatic hydroxyl groups is 1. The van der Waals surface area contributed by atoms with E-state index in [1.54, 1.807) is 72.7 Å². The van der Waals surface area contributed by atoms with Gasteiger partial charge in [-0.05, 0) is 74.3 Å². The van der Waals surface area contributed by atoms with Crippen LogP contribution in [0.4, 0.5) is 0 Å². The second-order valence-corrected chi connectivity index (χ2v) is 23.3. The third kappa shape index (κ3) is 16.3. The van der Waals surface area contributed by atoms with Gasteiger partial charge < -0.3 is 50.7 Å². The molecule has 78 heavy (non-hydrogen) atoms. The van der Waals surface area contributed by atoms with Crippen molar-refractivity contribution in [3.8, 4) is 0 Å². The average molecular weight is 1090 g/mol. The van der Waals surface area contributed by atoms with Crippen molar-refractivity contribution in [2.24, 2.45) is 29.6 Å². The number of benzene rings is 2. The minimum atomic E-state index is -1.97. The fourth-order valence-corrected chi connectivity index (χ4v) is 10.5. The molecule has 0 unspecified atom stereocenters. The first-order chi connectivity index (χ1) is 36.5. The molecule has 0 radical (unpaired) electrons. The molecule has 0 aromatic heterocycles. The van der Waals surface area contributed by atoms with Crippen LogP contribution >= 0.6 is 0 Å². The number of nitrogens with one attached hydrogen (secondary N) is 4. The van der Waals surface area contributed by atoms with Crippen molar-refractivity contribution in [1.82, 2.24) is 40.9 Å². The summed E-state index contributed by atoms with van der Waals surface area (Å²) >= 11 is 0. The van der Waals surface area contributed by atoms with Crippen molar-refractivity contribution in [3.05, 3.63) is 71.8 Å². The maximum atomic E-state index is 15.2. The second-order valence-electron chi connectivity index (χ2n) is 23.3. The maximum absolute atomic E-state index is 15.2. The van der Waals surface area contributed by atoms with Crippen LogP contribution in [0.25, 0.3) is 0 Å². The third-order valence-corrected chi connectivity index (χ3v) is 15.4. The molecule has 11 atom stereocenters. The Morgan fingerprint density at radius 2 is 1.10 bits per heavy atom. The van der Waals surface area contributed by atoms with Gasteiger partial charge in [-0.15, -0.1) is 0 Å². The van der Waals surface area contributed by atoms with Crippen molar-refractivity contribution >= 4 is 53.2 Å². The van der Waals surface area contributed by atoms with Gasteiger partial charge in [0.25, 0.3) is 5.91 Å². The Bertz CT molecular complexity index is 2390. The summed E-state index contributed by atoms with van der Waals surface area (Å²) in [6, 6.07) is 8.02. The van der Waals surface area contributed by atoms with E-state index in [9.17, 15) is 38.7 Å². The Balaban J connectivity index is 1.95. The summed E-state index contributed by atoms with van der Waals surface area (Å²) in [5, 5.41) is 23.2. The van der Waals surface area contributed by atoms with Crippen molar-refractivity contribution < 1.29 is 53.0 Å². The largest absolute Gasteiger partial charge is 0.450 e. The lowest BCUT2D eigenvalue weighted by Gasteiger charge is -2.39. The molecular weight excluding hydrogens is 997 g/mol. The van der Waals surface area contributed by atoms with Gasteiger partial charge >= 0.3 is 5.97 Å². The highest BCUT2D eigenvalue weighted by Crippen LogP contribution is 2.27. The van der Waals surface area contributed by atoms with Crippen LogP contribution in [0.15, 0.2) is 60.7 Å². The van der Waals surface area contributed by atoms with Gasteiger partial charge in [0.2, 0.25) is 41.4 Å². The zero-order valence-electron chi connectivity index (χ0n) is 48.8. The van der Waals surface area contributed by atoms with E-state index in [0.29, 0.717) is 24.8 Å². The van der Waals surface area contributed by atoms with Crippen molar-refractivity contribution in [3.63, 3.8) is 0 Å². The van der Waals surface area contributed by atoms with Gasteiger partial charge in [-0.2, -0.15) is 0 Å². The lowest BCUT2D eigenvalue weighted by atomic mass is 9.94. The summed E-state index contributed by atoms with van der Waals surface area (Å²) in [5.41, 5.74) is -0.553. The van der Waals surface area contributed by atoms with Crippen LogP contribution in [0, 0.1) is 29.6 Å². The van der Waals surface area contributed by atoms with Gasteiger partial charge in [-0.3, -0.25) is 38.4 Å². The van der Waals surface area contributed by atoms with E-state index < -0.39 is 137 Å². The molecule has 432 valence electrons. The minimum absolute atomic E-state index is 0.00717. The lowest BCUT2D eigenvalue weighted by Crippen LogP contribution is -2.63. The van der Waals surface area contributed by atoms with Gasteiger partial charge in [0.1, 0.15) is 42.3 Å². The Morgan fingerprint density at radius 1 is 0.590 bits per heavy atom. The maximum Gasteiger partial charge on any atom is 0.332 e. The topological polar surface area (TPSA) is 244 Å². The van der Waals surface area contributed by atoms with Crippen LogP contribution in [0.1, 0.15) is 126 Å². The van der Waals surface area contributed by atoms with Crippen LogP contribution in [-0.4, -0.2) is 166 Å². The van der Waals surface area contributed by atoms with Crippen LogP contribution in [0.5, 0.6) is 0 Å². The van der Waals surface area contributed by atoms with Crippen molar-refractivity contribution in [2.75, 3.05) is 27.7 Å². The van der Waals surface area contributed by atoms with E-state index in [0.717, 1.165) is 10.5 Å². The highest BCUT2D eigenvalue weighted by molar-refractivity contribution is 5.99. The standard InChI is InChI=1S/C59H90N8O11/c1-16-37(9)46-52(70)62-45(35(5)6)51(69)60-41(31-34(3)4)55(73)66(15)49(59(11,12)77)58(76)78-48(38(10)17-2)57(75)65(14)47(36(7)8)53(71)61-42(32-39-25-20-18-21-26-39)54(72)64(13)44(33-40-27-22-19-23-28-40)56(74)67-30-24-29-43(67)50(68)63-46/h18-23,25-28,34-38,41-49,77H,16-17,24,29-33H2,1-15H3,(H,60,69)(H,61,71)(H,62,70)(H,63,68)/t37-,38-,41-,42-,43-,44-,45-,46-,47-,48+,49+/m0/s1. The highest BCUT2D eigenvalue weighted by Gasteiger charge is 2.47. The molecule has 0 aliphatic carbocycles. The summed E-state index contributed by atoms with van der Waals surface area (Å²) in [5.74, 6) is -8.82. The molecule has 2 fully saturated rings. The summed E-state index contributed by atoms with van der Waals surface area (Å²) < 4.78 is 6.08. The summed E-state index contributed by atoms with van der Waals surface area (Å²) in [4.78, 5) is 138. The summed E-state index contributed by atoms with van der Waals surface area (Å²) in [6.07, 6.45) is 0.0859. The van der Waals surface area contributed by atoms with Gasteiger partial charge in [-0.1, -0.05) is 136 Å². The molecule has 0 saturated carbocycles. The molecule has 8 amide bonds. The van der Waals surface area contributed by atoms with Gasteiger partial charge in [0, 0.05) is 46.4 Å². The van der Waals surface area contributed by atoms with Crippen LogP contribution in [-0.2, 0) is 60.7 Å². The van der Waals surface area contributed by atoms with E-state index in [2.05, 4.69) is 21.3 Å². The number of carbonyl (C=O) groups excluding carboxylic acids is 9. The van der Waals surface area contributed by atoms with E-state index in [1.165, 1.54) is 49.7 Å². The van der Waals surface area contributed by atoms with E-state index in [4.69, 9.17) is 4.74 Å². The van der Waals surface area contributed by atoms with Gasteiger partial charge in [0.05, 0.1) is 5.60 Å². The smallest absolute Gasteiger partial charge is 0.332 e. The fraction of sp³-hybridized carbons (Fsp3) is 0.644. The zero-order chi connectivity index (χ0) is 58.5. The number of hydrogen-bond donors (Lipinski definition) is 5. The normalized spacial score (nSPS) is 26.6. The molecule has 0 spiro atoms. The molecule has 2 aliphatic heterocycles. The number of likely N-dealkylation sites (N-methyl/N-ethyl adjacent to an activating group) is 3. The highest BCUT2D eigenvalue weighted by atomic mass is 16.6. The minimum Gasteiger partial charge on any atom is -0.450 e. The fourth-order valence-electron chi connectivity index (χ4n) is 10.5. The number of fused-ring (bicyclic) bond motifs is 1. The average Bonchev–Trinajstić information content (AvgIpc) is 3.89. The first-order valence-corrected chi connectivity index (χ1v) is 27.9. The SMILES string of the molecule is CC[C@H](C)[C@@H]1NC(=O)[C@@H]2CCCN2C(=O)[C@H](Cc2ccccc2)N(C)C(=O)[C@H](Cc2ccccc2)NC(=O)[C@H](C(C)C)N(C)C(=O)[C@@H]([C@@H](C)CC)OC(=O)[C@H](C(C)(C)O)N(C)C(=O)[C@H](CC(C)C)NC(=O)[C@H](C(C)C)NC1=O. The Morgan fingerprint density at radius 3 is 1.62 bits per heavy atom. The molecule has 2 aromatic rings. The van der Waals surface area contributed by atoms with Gasteiger partial charge in [-0.25, -0.2) is 4.79 Å². The number of carbonyl (C=O) groups is 9. The molecule has 2 aromatic carbocycles. The molecule has 0 bridgehead atoms. The van der Waals surface area contributed by atoms with Crippen LogP contribution in [0.3, 0.4) is 0 Å². The van der Waals surface area contributed by atoms with Crippen molar-refractivity contribution in [2.45, 2.75) is 188 Å². The Hall–Kier alpha value is -6.37.